The smallest absolute Gasteiger partial charge is 0.271 e. The predicted octanol–water partition coefficient (Wildman–Crippen LogP) is 1.65. The second kappa shape index (κ2) is 5.22. The van der Waals surface area contributed by atoms with Gasteiger partial charge in [-0.2, -0.15) is 5.10 Å². The van der Waals surface area contributed by atoms with Crippen LogP contribution in [0.4, 0.5) is 0 Å². The van der Waals surface area contributed by atoms with Crippen LogP contribution in [0.3, 0.4) is 0 Å². The lowest BCUT2D eigenvalue weighted by molar-refractivity contribution is 0.0949. The molecule has 2 N–H and O–H groups in total. The van der Waals surface area contributed by atoms with Crippen LogP contribution >= 0.6 is 0 Å². The van der Waals surface area contributed by atoms with Crippen molar-refractivity contribution in [2.24, 2.45) is 0 Å². The van der Waals surface area contributed by atoms with Crippen molar-refractivity contribution in [3.63, 3.8) is 0 Å². The molecule has 5 heteroatoms. The molecule has 1 fully saturated rings. The van der Waals surface area contributed by atoms with Crippen LogP contribution in [0.25, 0.3) is 0 Å². The fourth-order valence-corrected chi connectivity index (χ4v) is 2.00. The molecule has 0 aliphatic heterocycles. The van der Waals surface area contributed by atoms with Crippen molar-refractivity contribution in [1.82, 2.24) is 20.5 Å². The molecule has 2 heterocycles. The third-order valence-corrected chi connectivity index (χ3v) is 3.24. The van der Waals surface area contributed by atoms with Crippen LogP contribution in [0.5, 0.6) is 0 Å². The van der Waals surface area contributed by atoms with E-state index in [1.165, 1.54) is 12.8 Å². The Balaban J connectivity index is 1.50. The Kier molecular flexibility index (Phi) is 3.27. The van der Waals surface area contributed by atoms with E-state index in [0.717, 1.165) is 17.8 Å². The predicted molar refractivity (Wildman–Crippen MR) is 70.8 cm³/mol. The minimum absolute atomic E-state index is 0.126. The van der Waals surface area contributed by atoms with Crippen LogP contribution in [0.15, 0.2) is 30.5 Å². The van der Waals surface area contributed by atoms with E-state index in [4.69, 9.17) is 0 Å². The lowest BCUT2D eigenvalue weighted by Gasteiger charge is -2.02. The zero-order chi connectivity index (χ0) is 13.1. The Bertz CT molecular complexity index is 560. The number of nitrogens with one attached hydrogen (secondary N) is 2. The summed E-state index contributed by atoms with van der Waals surface area (Å²) in [5.74, 6) is 0.460. The molecule has 98 valence electrons. The second-order valence-corrected chi connectivity index (χ2v) is 4.81. The number of hydrogen-bond acceptors (Lipinski definition) is 3. The maximum atomic E-state index is 11.9. The zero-order valence-electron chi connectivity index (χ0n) is 10.6. The summed E-state index contributed by atoms with van der Waals surface area (Å²) in [6, 6.07) is 7.63. The molecule has 1 aliphatic rings. The molecule has 0 radical (unpaired) electrons. The largest absolute Gasteiger partial charge is 0.350 e. The van der Waals surface area contributed by atoms with Crippen molar-refractivity contribution in [2.75, 3.05) is 6.54 Å². The SMILES string of the molecule is O=C(NCCc1ccccn1)c1cc(C2CC2)[nH]n1. The van der Waals surface area contributed by atoms with Crippen LogP contribution in [0.2, 0.25) is 0 Å². The highest BCUT2D eigenvalue weighted by Crippen LogP contribution is 2.38. The lowest BCUT2D eigenvalue weighted by Crippen LogP contribution is -2.26. The molecule has 0 unspecified atom stereocenters. The molecule has 0 aromatic carbocycles. The summed E-state index contributed by atoms with van der Waals surface area (Å²) in [5, 5.41) is 9.84. The van der Waals surface area contributed by atoms with Gasteiger partial charge in [-0.1, -0.05) is 6.07 Å². The van der Waals surface area contributed by atoms with Crippen LogP contribution in [-0.2, 0) is 6.42 Å². The molecule has 0 atom stereocenters. The van der Waals surface area contributed by atoms with Crippen molar-refractivity contribution in [3.05, 3.63) is 47.5 Å². The van der Waals surface area contributed by atoms with Gasteiger partial charge >= 0.3 is 0 Å². The van der Waals surface area contributed by atoms with Gasteiger partial charge < -0.3 is 5.32 Å². The summed E-state index contributed by atoms with van der Waals surface area (Å²) in [6.07, 6.45) is 4.88. The van der Waals surface area contributed by atoms with Gasteiger partial charge in [0.25, 0.3) is 5.91 Å². The maximum Gasteiger partial charge on any atom is 0.271 e. The van der Waals surface area contributed by atoms with E-state index in [2.05, 4.69) is 20.5 Å². The highest BCUT2D eigenvalue weighted by Gasteiger charge is 2.26. The van der Waals surface area contributed by atoms with E-state index >= 15 is 0 Å². The van der Waals surface area contributed by atoms with Gasteiger partial charge in [-0.15, -0.1) is 0 Å². The van der Waals surface area contributed by atoms with Gasteiger partial charge in [-0.05, 0) is 31.0 Å². The Morgan fingerprint density at radius 2 is 2.32 bits per heavy atom. The number of aromatic nitrogens is 3. The number of amides is 1. The molecular weight excluding hydrogens is 240 g/mol. The molecule has 1 aliphatic carbocycles. The molecule has 0 spiro atoms. The number of carbonyl (C=O) groups is 1. The fourth-order valence-electron chi connectivity index (χ4n) is 2.00. The number of pyridine rings is 1. The average molecular weight is 256 g/mol. The van der Waals surface area contributed by atoms with E-state index in [0.29, 0.717) is 18.2 Å². The molecule has 19 heavy (non-hydrogen) atoms. The quantitative estimate of drug-likeness (QED) is 0.854. The summed E-state index contributed by atoms with van der Waals surface area (Å²) >= 11 is 0. The minimum atomic E-state index is -0.126. The van der Waals surface area contributed by atoms with E-state index in [1.54, 1.807) is 6.20 Å². The van der Waals surface area contributed by atoms with Crippen LogP contribution in [-0.4, -0.2) is 27.6 Å². The first-order chi connectivity index (χ1) is 9.33. The second-order valence-electron chi connectivity index (χ2n) is 4.81. The zero-order valence-corrected chi connectivity index (χ0v) is 10.6. The summed E-state index contributed by atoms with van der Waals surface area (Å²) in [4.78, 5) is 16.1. The first-order valence-corrected chi connectivity index (χ1v) is 6.56. The van der Waals surface area contributed by atoms with Crippen molar-refractivity contribution in [1.29, 1.82) is 0 Å². The number of carbonyl (C=O) groups excluding carboxylic acids is 1. The Morgan fingerprint density at radius 1 is 1.42 bits per heavy atom. The van der Waals surface area contributed by atoms with Crippen molar-refractivity contribution >= 4 is 5.91 Å². The normalized spacial score (nSPS) is 14.3. The molecule has 0 bridgehead atoms. The molecule has 1 saturated carbocycles. The fraction of sp³-hybridized carbons (Fsp3) is 0.357. The maximum absolute atomic E-state index is 11.9. The van der Waals surface area contributed by atoms with Crippen molar-refractivity contribution in [3.8, 4) is 0 Å². The van der Waals surface area contributed by atoms with Crippen molar-refractivity contribution in [2.45, 2.75) is 25.2 Å². The van der Waals surface area contributed by atoms with Crippen LogP contribution in [0, 0.1) is 0 Å². The van der Waals surface area contributed by atoms with Gasteiger partial charge in [0.15, 0.2) is 0 Å². The molecular formula is C14H16N4O. The Labute approximate surface area is 111 Å². The topological polar surface area (TPSA) is 70.7 Å². The van der Waals surface area contributed by atoms with E-state index in [1.807, 2.05) is 24.3 Å². The van der Waals surface area contributed by atoms with E-state index in [9.17, 15) is 4.79 Å². The van der Waals surface area contributed by atoms with Gasteiger partial charge in [0, 0.05) is 36.5 Å². The lowest BCUT2D eigenvalue weighted by atomic mass is 10.2. The van der Waals surface area contributed by atoms with Gasteiger partial charge in [0.05, 0.1) is 0 Å². The van der Waals surface area contributed by atoms with Gasteiger partial charge in [0.1, 0.15) is 5.69 Å². The van der Waals surface area contributed by atoms with Gasteiger partial charge in [-0.25, -0.2) is 0 Å². The van der Waals surface area contributed by atoms with Crippen molar-refractivity contribution < 1.29 is 4.79 Å². The highest BCUT2D eigenvalue weighted by atomic mass is 16.1. The Hall–Kier alpha value is -2.17. The van der Waals surface area contributed by atoms with Crippen LogP contribution in [0.1, 0.15) is 40.6 Å². The number of aromatic amines is 1. The number of hydrogen-bond donors (Lipinski definition) is 2. The van der Waals surface area contributed by atoms with E-state index in [-0.39, 0.29) is 5.91 Å². The molecule has 2 aromatic heterocycles. The first kappa shape index (κ1) is 11.9. The number of nitrogens with zero attached hydrogens (tertiary/aromatic N) is 2. The summed E-state index contributed by atoms with van der Waals surface area (Å²) in [6.45, 7) is 0.571. The molecule has 0 saturated heterocycles. The van der Waals surface area contributed by atoms with E-state index < -0.39 is 0 Å². The number of H-pyrrole nitrogens is 1. The first-order valence-electron chi connectivity index (χ1n) is 6.56. The average Bonchev–Trinajstić information content (AvgIpc) is 3.17. The standard InChI is InChI=1S/C14H16N4O/c19-14(13-9-12(17-18-13)10-4-5-10)16-8-6-11-3-1-2-7-15-11/h1-3,7,9-10H,4-6,8H2,(H,16,19)(H,17,18). The number of rotatable bonds is 5. The highest BCUT2D eigenvalue weighted by molar-refractivity contribution is 5.92. The summed E-state index contributed by atoms with van der Waals surface area (Å²) in [5.41, 5.74) is 2.53. The molecule has 1 amide bonds. The summed E-state index contributed by atoms with van der Waals surface area (Å²) < 4.78 is 0. The van der Waals surface area contributed by atoms with Gasteiger partial charge in [0.2, 0.25) is 0 Å². The van der Waals surface area contributed by atoms with Gasteiger partial charge in [-0.3, -0.25) is 14.9 Å². The minimum Gasteiger partial charge on any atom is -0.350 e. The molecule has 5 nitrogen and oxygen atoms in total. The monoisotopic (exact) mass is 256 g/mol. The molecule has 3 rings (SSSR count). The van der Waals surface area contributed by atoms with Crippen LogP contribution < -0.4 is 5.32 Å². The third kappa shape index (κ3) is 2.99. The Morgan fingerprint density at radius 3 is 3.05 bits per heavy atom. The summed E-state index contributed by atoms with van der Waals surface area (Å²) in [7, 11) is 0. The third-order valence-electron chi connectivity index (χ3n) is 3.24. The molecule has 2 aromatic rings.